The fourth-order valence-corrected chi connectivity index (χ4v) is 4.91. The molecule has 3 aromatic rings. The molecule has 0 spiro atoms. The molecule has 0 saturated carbocycles. The molecule has 0 aliphatic carbocycles. The van der Waals surface area contributed by atoms with Crippen molar-refractivity contribution in [3.63, 3.8) is 0 Å². The summed E-state index contributed by atoms with van der Waals surface area (Å²) in [7, 11) is -8.71. The van der Waals surface area contributed by atoms with Gasteiger partial charge in [0.2, 0.25) is 0 Å². The second-order valence-corrected chi connectivity index (χ2v) is 9.54. The van der Waals surface area contributed by atoms with E-state index >= 15 is 0 Å². The Labute approximate surface area is 171 Å². The molecule has 0 aliphatic rings. The van der Waals surface area contributed by atoms with Crippen LogP contribution in [-0.2, 0) is 20.0 Å². The first kappa shape index (κ1) is 21.0. The molecule has 0 unspecified atom stereocenters. The number of hydrogen-bond donors (Lipinski definition) is 2. The molecule has 2 N–H and O–H groups in total. The summed E-state index contributed by atoms with van der Waals surface area (Å²) in [6.45, 7) is 0. The highest BCUT2D eigenvalue weighted by Crippen LogP contribution is 2.25. The summed E-state index contributed by atoms with van der Waals surface area (Å²) in [6, 6.07) is 13.4. The van der Waals surface area contributed by atoms with Crippen molar-refractivity contribution >= 4 is 43.0 Å². The van der Waals surface area contributed by atoms with E-state index in [0.717, 1.165) is 24.3 Å². The third-order valence-corrected chi connectivity index (χ3v) is 6.71. The van der Waals surface area contributed by atoms with Crippen molar-refractivity contribution in [1.82, 2.24) is 0 Å². The second-order valence-electron chi connectivity index (χ2n) is 5.80. The Morgan fingerprint density at radius 2 is 1.21 bits per heavy atom. The van der Waals surface area contributed by atoms with Gasteiger partial charge in [-0.15, -0.1) is 0 Å². The maximum absolute atomic E-state index is 13.8. The van der Waals surface area contributed by atoms with E-state index in [1.807, 2.05) is 4.72 Å². The van der Waals surface area contributed by atoms with E-state index in [-0.39, 0.29) is 16.3 Å². The van der Waals surface area contributed by atoms with E-state index in [1.54, 1.807) is 12.1 Å². The molecule has 3 aromatic carbocycles. The zero-order valence-electron chi connectivity index (χ0n) is 14.4. The molecule has 3 rings (SSSR count). The molecule has 0 heterocycles. The lowest BCUT2D eigenvalue weighted by molar-refractivity contribution is 0.521. The van der Waals surface area contributed by atoms with Gasteiger partial charge in [-0.2, -0.15) is 0 Å². The highest BCUT2D eigenvalue weighted by atomic mass is 35.5. The lowest BCUT2D eigenvalue weighted by Crippen LogP contribution is -2.17. The Hall–Kier alpha value is -2.69. The van der Waals surface area contributed by atoms with E-state index in [1.165, 1.54) is 30.3 Å². The van der Waals surface area contributed by atoms with Crippen molar-refractivity contribution in [2.24, 2.45) is 0 Å². The minimum Gasteiger partial charge on any atom is -0.280 e. The van der Waals surface area contributed by atoms with Crippen LogP contribution in [0.1, 0.15) is 0 Å². The summed E-state index contributed by atoms with van der Waals surface area (Å²) >= 11 is 5.83. The number of hydrogen-bond acceptors (Lipinski definition) is 4. The third-order valence-electron chi connectivity index (χ3n) is 3.66. The Morgan fingerprint density at radius 1 is 0.690 bits per heavy atom. The van der Waals surface area contributed by atoms with Crippen molar-refractivity contribution < 1.29 is 25.6 Å². The summed E-state index contributed by atoms with van der Waals surface area (Å²) in [5.74, 6) is -2.55. The summed E-state index contributed by atoms with van der Waals surface area (Å²) in [6.07, 6.45) is 0. The Morgan fingerprint density at radius 3 is 1.83 bits per heavy atom. The average molecular weight is 459 g/mol. The summed E-state index contributed by atoms with van der Waals surface area (Å²) in [5.41, 5.74) is 0.0125. The topological polar surface area (TPSA) is 92.3 Å². The summed E-state index contributed by atoms with van der Waals surface area (Å²) in [4.78, 5) is -1.43. The van der Waals surface area contributed by atoms with Crippen molar-refractivity contribution in [2.75, 3.05) is 9.44 Å². The monoisotopic (exact) mass is 458 g/mol. The lowest BCUT2D eigenvalue weighted by Gasteiger charge is -2.12. The second kappa shape index (κ2) is 7.97. The standard InChI is InChI=1S/C18H13ClF2N2O4S2/c19-12-4-1-5-13(10-12)22-28(24,25)15-7-2-6-14(11-15)23-29(26,27)18-16(20)8-3-9-17(18)21/h1-11,22-23H. The van der Waals surface area contributed by atoms with Crippen LogP contribution >= 0.6 is 11.6 Å². The summed E-state index contributed by atoms with van der Waals surface area (Å²) < 4.78 is 81.8. The Balaban J connectivity index is 1.91. The molecular formula is C18H13ClF2N2O4S2. The number of anilines is 2. The molecule has 0 saturated heterocycles. The lowest BCUT2D eigenvalue weighted by atomic mass is 10.3. The van der Waals surface area contributed by atoms with E-state index in [9.17, 15) is 25.6 Å². The number of halogens is 3. The maximum Gasteiger partial charge on any atom is 0.267 e. The molecule has 0 fully saturated rings. The van der Waals surface area contributed by atoms with Crippen molar-refractivity contribution in [2.45, 2.75) is 9.79 Å². The molecule has 0 aromatic heterocycles. The van der Waals surface area contributed by atoms with Gasteiger partial charge < -0.3 is 0 Å². The minimum absolute atomic E-state index is 0.193. The van der Waals surface area contributed by atoms with Crippen LogP contribution in [0.2, 0.25) is 5.02 Å². The van der Waals surface area contributed by atoms with Gasteiger partial charge >= 0.3 is 0 Å². The van der Waals surface area contributed by atoms with E-state index in [0.29, 0.717) is 5.02 Å². The average Bonchev–Trinajstić information content (AvgIpc) is 2.61. The van der Waals surface area contributed by atoms with Crippen molar-refractivity contribution in [3.8, 4) is 0 Å². The molecule has 0 atom stereocenters. The SMILES string of the molecule is O=S(=O)(Nc1cccc(Cl)c1)c1cccc(NS(=O)(=O)c2c(F)cccc2F)c1. The van der Waals surface area contributed by atoms with Gasteiger partial charge in [0.25, 0.3) is 20.0 Å². The molecule has 0 amide bonds. The van der Waals surface area contributed by atoms with Gasteiger partial charge in [0.05, 0.1) is 16.3 Å². The number of benzene rings is 3. The predicted octanol–water partition coefficient (Wildman–Crippen LogP) is 4.22. The maximum atomic E-state index is 13.8. The third kappa shape index (κ3) is 4.84. The van der Waals surface area contributed by atoms with Gasteiger partial charge in [0, 0.05) is 5.02 Å². The minimum atomic E-state index is -4.63. The van der Waals surface area contributed by atoms with Gasteiger partial charge in [0.1, 0.15) is 11.6 Å². The van der Waals surface area contributed by atoms with E-state index < -0.39 is 36.6 Å². The fourth-order valence-electron chi connectivity index (χ4n) is 2.44. The largest absolute Gasteiger partial charge is 0.280 e. The number of nitrogens with one attached hydrogen (secondary N) is 2. The Kier molecular flexibility index (Phi) is 5.78. The van der Waals surface area contributed by atoms with Crippen LogP contribution in [0.3, 0.4) is 0 Å². The molecule has 11 heteroatoms. The normalized spacial score (nSPS) is 11.8. The molecule has 29 heavy (non-hydrogen) atoms. The van der Waals surface area contributed by atoms with Crippen LogP contribution in [0.25, 0.3) is 0 Å². The molecular weight excluding hydrogens is 446 g/mol. The first-order valence-electron chi connectivity index (χ1n) is 7.94. The number of sulfonamides is 2. The highest BCUT2D eigenvalue weighted by molar-refractivity contribution is 7.93. The van der Waals surface area contributed by atoms with E-state index in [2.05, 4.69) is 4.72 Å². The van der Waals surface area contributed by atoms with Crippen LogP contribution in [-0.4, -0.2) is 16.8 Å². The van der Waals surface area contributed by atoms with Crippen LogP contribution in [0.4, 0.5) is 20.2 Å². The van der Waals surface area contributed by atoms with Gasteiger partial charge in [-0.25, -0.2) is 25.6 Å². The molecule has 0 radical (unpaired) electrons. The van der Waals surface area contributed by atoms with Gasteiger partial charge in [0.15, 0.2) is 4.90 Å². The number of rotatable bonds is 6. The smallest absolute Gasteiger partial charge is 0.267 e. The molecule has 0 aliphatic heterocycles. The van der Waals surface area contributed by atoms with Gasteiger partial charge in [-0.05, 0) is 48.5 Å². The zero-order chi connectivity index (χ0) is 21.2. The first-order chi connectivity index (χ1) is 13.6. The van der Waals surface area contributed by atoms with Gasteiger partial charge in [-0.3, -0.25) is 9.44 Å². The van der Waals surface area contributed by atoms with Crippen molar-refractivity contribution in [1.29, 1.82) is 0 Å². The highest BCUT2D eigenvalue weighted by Gasteiger charge is 2.24. The van der Waals surface area contributed by atoms with Crippen LogP contribution in [0.5, 0.6) is 0 Å². The van der Waals surface area contributed by atoms with Crippen LogP contribution < -0.4 is 9.44 Å². The predicted molar refractivity (Wildman–Crippen MR) is 106 cm³/mol. The van der Waals surface area contributed by atoms with Crippen molar-refractivity contribution in [3.05, 3.63) is 83.4 Å². The molecule has 0 bridgehead atoms. The zero-order valence-corrected chi connectivity index (χ0v) is 16.8. The van der Waals surface area contributed by atoms with E-state index in [4.69, 9.17) is 11.6 Å². The molecule has 152 valence electrons. The first-order valence-corrected chi connectivity index (χ1v) is 11.3. The summed E-state index contributed by atoms with van der Waals surface area (Å²) in [5, 5.41) is 0.318. The van der Waals surface area contributed by atoms with Gasteiger partial charge in [-0.1, -0.05) is 29.8 Å². The Bertz CT molecular complexity index is 1260. The van der Waals surface area contributed by atoms with Crippen LogP contribution in [0, 0.1) is 11.6 Å². The molecule has 6 nitrogen and oxygen atoms in total. The van der Waals surface area contributed by atoms with Crippen LogP contribution in [0.15, 0.2) is 76.5 Å². The fraction of sp³-hybridized carbons (Fsp3) is 0. The quantitative estimate of drug-likeness (QED) is 0.578.